The molecule has 0 radical (unpaired) electrons. The number of aromatic nitrogens is 3. The number of aryl methyl sites for hydroxylation is 1. The van der Waals surface area contributed by atoms with Crippen molar-refractivity contribution in [2.45, 2.75) is 50.6 Å². The summed E-state index contributed by atoms with van der Waals surface area (Å²) in [6, 6.07) is 11.0. The second kappa shape index (κ2) is 6.18. The lowest BCUT2D eigenvalue weighted by atomic mass is 10.1. The minimum absolute atomic E-state index is 0.0293. The SMILES string of the molecule is N[C@@H](CCc1ccccc1)c1nncn1C1CCCC1. The minimum Gasteiger partial charge on any atom is -0.321 e. The molecule has 106 valence electrons. The topological polar surface area (TPSA) is 56.7 Å². The molecule has 2 N–H and O–H groups in total. The van der Waals surface area contributed by atoms with Gasteiger partial charge in [-0.1, -0.05) is 43.2 Å². The largest absolute Gasteiger partial charge is 0.321 e. The van der Waals surface area contributed by atoms with Gasteiger partial charge in [0.25, 0.3) is 0 Å². The van der Waals surface area contributed by atoms with E-state index < -0.39 is 0 Å². The normalized spacial score (nSPS) is 17.4. The second-order valence-electron chi connectivity index (χ2n) is 5.67. The summed E-state index contributed by atoms with van der Waals surface area (Å²) in [6.45, 7) is 0. The lowest BCUT2D eigenvalue weighted by molar-refractivity contribution is 0.467. The van der Waals surface area contributed by atoms with Crippen molar-refractivity contribution in [3.8, 4) is 0 Å². The Kier molecular flexibility index (Phi) is 4.11. The Balaban J connectivity index is 1.65. The molecule has 1 aromatic heterocycles. The highest BCUT2D eigenvalue weighted by Gasteiger charge is 2.22. The Morgan fingerprint density at radius 2 is 1.95 bits per heavy atom. The van der Waals surface area contributed by atoms with Gasteiger partial charge in [0.2, 0.25) is 0 Å². The van der Waals surface area contributed by atoms with Crippen molar-refractivity contribution in [1.29, 1.82) is 0 Å². The molecule has 1 fully saturated rings. The van der Waals surface area contributed by atoms with Gasteiger partial charge in [-0.25, -0.2) is 0 Å². The first-order valence-corrected chi connectivity index (χ1v) is 7.53. The second-order valence-corrected chi connectivity index (χ2v) is 5.67. The molecule has 1 saturated carbocycles. The van der Waals surface area contributed by atoms with E-state index in [0.29, 0.717) is 6.04 Å². The van der Waals surface area contributed by atoms with Crippen molar-refractivity contribution in [2.75, 3.05) is 0 Å². The van der Waals surface area contributed by atoms with Crippen molar-refractivity contribution in [2.24, 2.45) is 5.73 Å². The van der Waals surface area contributed by atoms with E-state index >= 15 is 0 Å². The number of nitrogens with zero attached hydrogens (tertiary/aromatic N) is 3. The fraction of sp³-hybridized carbons (Fsp3) is 0.500. The van der Waals surface area contributed by atoms with E-state index in [1.54, 1.807) is 0 Å². The summed E-state index contributed by atoms with van der Waals surface area (Å²) in [4.78, 5) is 0. The first-order valence-electron chi connectivity index (χ1n) is 7.53. The van der Waals surface area contributed by atoms with E-state index in [1.165, 1.54) is 31.2 Å². The van der Waals surface area contributed by atoms with Crippen molar-refractivity contribution in [3.05, 3.63) is 48.0 Å². The van der Waals surface area contributed by atoms with Crippen LogP contribution in [0.15, 0.2) is 36.7 Å². The number of rotatable bonds is 5. The molecule has 4 heteroatoms. The quantitative estimate of drug-likeness (QED) is 0.908. The van der Waals surface area contributed by atoms with Gasteiger partial charge in [-0.2, -0.15) is 0 Å². The van der Waals surface area contributed by atoms with Crippen molar-refractivity contribution in [1.82, 2.24) is 14.8 Å². The van der Waals surface area contributed by atoms with Gasteiger partial charge in [-0.15, -0.1) is 10.2 Å². The highest BCUT2D eigenvalue weighted by atomic mass is 15.3. The molecule has 0 bridgehead atoms. The van der Waals surface area contributed by atoms with Crippen LogP contribution in [0.4, 0.5) is 0 Å². The molecule has 1 aromatic carbocycles. The van der Waals surface area contributed by atoms with Gasteiger partial charge in [-0.05, 0) is 31.2 Å². The summed E-state index contributed by atoms with van der Waals surface area (Å²) in [7, 11) is 0. The van der Waals surface area contributed by atoms with Crippen molar-refractivity contribution in [3.63, 3.8) is 0 Å². The van der Waals surface area contributed by atoms with Gasteiger partial charge < -0.3 is 10.3 Å². The molecule has 1 atom stereocenters. The molecule has 0 spiro atoms. The molecule has 3 rings (SSSR count). The van der Waals surface area contributed by atoms with Crippen LogP contribution in [0.25, 0.3) is 0 Å². The smallest absolute Gasteiger partial charge is 0.150 e. The van der Waals surface area contributed by atoms with Gasteiger partial charge in [0.15, 0.2) is 0 Å². The number of hydrogen-bond donors (Lipinski definition) is 1. The summed E-state index contributed by atoms with van der Waals surface area (Å²) < 4.78 is 2.21. The third kappa shape index (κ3) is 2.90. The third-order valence-electron chi connectivity index (χ3n) is 4.24. The lowest BCUT2D eigenvalue weighted by Crippen LogP contribution is -2.19. The van der Waals surface area contributed by atoms with Gasteiger partial charge in [0, 0.05) is 6.04 Å². The molecule has 1 aliphatic rings. The van der Waals surface area contributed by atoms with E-state index in [2.05, 4.69) is 39.0 Å². The molecule has 20 heavy (non-hydrogen) atoms. The first kappa shape index (κ1) is 13.3. The molecule has 1 heterocycles. The Hall–Kier alpha value is -1.68. The lowest BCUT2D eigenvalue weighted by Gasteiger charge is -2.17. The Labute approximate surface area is 120 Å². The molecule has 4 nitrogen and oxygen atoms in total. The standard InChI is InChI=1S/C16H22N4/c17-15(11-10-13-6-2-1-3-7-13)16-19-18-12-20(16)14-8-4-5-9-14/h1-3,6-7,12,14-15H,4-5,8-11,17H2/t15-/m0/s1. The highest BCUT2D eigenvalue weighted by molar-refractivity contribution is 5.15. The van der Waals surface area contributed by atoms with Gasteiger partial charge in [0.1, 0.15) is 12.2 Å². The van der Waals surface area contributed by atoms with Crippen LogP contribution in [0, 0.1) is 0 Å². The summed E-state index contributed by atoms with van der Waals surface area (Å²) in [5.74, 6) is 0.952. The van der Waals surface area contributed by atoms with E-state index in [1.807, 2.05) is 12.4 Å². The van der Waals surface area contributed by atoms with Crippen LogP contribution in [0.1, 0.15) is 55.6 Å². The Morgan fingerprint density at radius 1 is 1.20 bits per heavy atom. The predicted molar refractivity (Wildman–Crippen MR) is 79.2 cm³/mol. The fourth-order valence-corrected chi connectivity index (χ4v) is 3.08. The van der Waals surface area contributed by atoms with Crippen LogP contribution in [0.2, 0.25) is 0 Å². The Bertz CT molecular complexity index is 528. The van der Waals surface area contributed by atoms with Gasteiger partial charge in [0.05, 0.1) is 6.04 Å². The van der Waals surface area contributed by atoms with Crippen LogP contribution in [-0.4, -0.2) is 14.8 Å². The summed E-state index contributed by atoms with van der Waals surface area (Å²) in [6.07, 6.45) is 8.83. The molecule has 0 aliphatic heterocycles. The van der Waals surface area contributed by atoms with Crippen LogP contribution in [0.5, 0.6) is 0 Å². The molecule has 0 saturated heterocycles. The Morgan fingerprint density at radius 3 is 2.70 bits per heavy atom. The fourth-order valence-electron chi connectivity index (χ4n) is 3.08. The van der Waals surface area contributed by atoms with E-state index in [0.717, 1.165) is 18.7 Å². The molecule has 1 aliphatic carbocycles. The summed E-state index contributed by atoms with van der Waals surface area (Å²) >= 11 is 0. The summed E-state index contributed by atoms with van der Waals surface area (Å²) in [5, 5.41) is 8.34. The van der Waals surface area contributed by atoms with Crippen LogP contribution >= 0.6 is 0 Å². The third-order valence-corrected chi connectivity index (χ3v) is 4.24. The number of hydrogen-bond acceptors (Lipinski definition) is 3. The molecular weight excluding hydrogens is 248 g/mol. The van der Waals surface area contributed by atoms with Crippen LogP contribution in [-0.2, 0) is 6.42 Å². The maximum atomic E-state index is 6.33. The molecule has 0 unspecified atom stereocenters. The zero-order chi connectivity index (χ0) is 13.8. The maximum Gasteiger partial charge on any atom is 0.150 e. The van der Waals surface area contributed by atoms with Crippen molar-refractivity contribution < 1.29 is 0 Å². The zero-order valence-electron chi connectivity index (χ0n) is 11.8. The highest BCUT2D eigenvalue weighted by Crippen LogP contribution is 2.31. The summed E-state index contributed by atoms with van der Waals surface area (Å²) in [5.41, 5.74) is 7.66. The van der Waals surface area contributed by atoms with E-state index in [-0.39, 0.29) is 6.04 Å². The monoisotopic (exact) mass is 270 g/mol. The van der Waals surface area contributed by atoms with E-state index in [9.17, 15) is 0 Å². The van der Waals surface area contributed by atoms with Gasteiger partial charge >= 0.3 is 0 Å². The maximum absolute atomic E-state index is 6.33. The average Bonchev–Trinajstić information content (AvgIpc) is 3.15. The van der Waals surface area contributed by atoms with Crippen LogP contribution < -0.4 is 5.73 Å². The number of nitrogens with two attached hydrogens (primary N) is 1. The average molecular weight is 270 g/mol. The minimum atomic E-state index is -0.0293. The van der Waals surface area contributed by atoms with E-state index in [4.69, 9.17) is 5.73 Å². The van der Waals surface area contributed by atoms with Crippen molar-refractivity contribution >= 4 is 0 Å². The van der Waals surface area contributed by atoms with Crippen LogP contribution in [0.3, 0.4) is 0 Å². The molecular formula is C16H22N4. The van der Waals surface area contributed by atoms with Gasteiger partial charge in [-0.3, -0.25) is 0 Å². The number of benzene rings is 1. The first-order chi connectivity index (χ1) is 9.84. The zero-order valence-corrected chi connectivity index (χ0v) is 11.8. The molecule has 0 amide bonds. The molecule has 2 aromatic rings. The predicted octanol–water partition coefficient (Wildman–Crippen LogP) is 3.03.